The Morgan fingerprint density at radius 1 is 0.871 bits per heavy atom. The van der Waals surface area contributed by atoms with Crippen molar-refractivity contribution in [1.29, 1.82) is 0 Å². The molecule has 0 unspecified atom stereocenters. The number of fused-ring (bicyclic) bond motifs is 1. The third-order valence-electron chi connectivity index (χ3n) is 5.48. The highest BCUT2D eigenvalue weighted by Crippen LogP contribution is 2.23. The Balaban J connectivity index is 1.36. The number of amides is 1. The molecule has 8 nitrogen and oxygen atoms in total. The first-order chi connectivity index (χ1) is 15.1. The summed E-state index contributed by atoms with van der Waals surface area (Å²) in [6.07, 6.45) is 0. The van der Waals surface area contributed by atoms with Gasteiger partial charge >= 0.3 is 0 Å². The standard InChI is InChI=1S/C22H20FN7O/c23-18-4-2-1-3-17(18)22-26-25-19-9-10-20(27-30(19)22)29-13-11-28(12-14-29)16-7-5-15(6-8-16)21(24)31/h1-10H,11-14H2,(H2,24,31). The Bertz CT molecular complexity index is 1250. The number of nitrogens with zero attached hydrogens (tertiary/aromatic N) is 6. The Morgan fingerprint density at radius 3 is 2.29 bits per heavy atom. The number of nitrogens with two attached hydrogens (primary N) is 1. The van der Waals surface area contributed by atoms with Gasteiger partial charge < -0.3 is 15.5 Å². The fourth-order valence-corrected chi connectivity index (χ4v) is 3.79. The second kappa shape index (κ2) is 7.67. The second-order valence-electron chi connectivity index (χ2n) is 7.35. The largest absolute Gasteiger partial charge is 0.368 e. The van der Waals surface area contributed by atoms with Crippen LogP contribution in [0.1, 0.15) is 10.4 Å². The summed E-state index contributed by atoms with van der Waals surface area (Å²) in [5.74, 6) is 0.373. The zero-order valence-corrected chi connectivity index (χ0v) is 16.6. The van der Waals surface area contributed by atoms with E-state index in [2.05, 4.69) is 25.1 Å². The first kappa shape index (κ1) is 19.0. The lowest BCUT2D eigenvalue weighted by Gasteiger charge is -2.36. The van der Waals surface area contributed by atoms with Crippen LogP contribution in [0.15, 0.2) is 60.7 Å². The topological polar surface area (TPSA) is 92.7 Å². The van der Waals surface area contributed by atoms with Gasteiger partial charge in [-0.2, -0.15) is 4.52 Å². The average Bonchev–Trinajstić information content (AvgIpc) is 3.23. The van der Waals surface area contributed by atoms with E-state index < -0.39 is 5.91 Å². The van der Waals surface area contributed by atoms with E-state index in [-0.39, 0.29) is 5.82 Å². The molecule has 0 atom stereocenters. The van der Waals surface area contributed by atoms with Crippen LogP contribution in [-0.4, -0.2) is 51.9 Å². The van der Waals surface area contributed by atoms with E-state index in [4.69, 9.17) is 5.73 Å². The van der Waals surface area contributed by atoms with Gasteiger partial charge in [0.25, 0.3) is 0 Å². The second-order valence-corrected chi connectivity index (χ2v) is 7.35. The molecule has 0 aliphatic carbocycles. The van der Waals surface area contributed by atoms with E-state index in [1.54, 1.807) is 34.8 Å². The van der Waals surface area contributed by atoms with Crippen molar-refractivity contribution in [2.24, 2.45) is 5.73 Å². The van der Waals surface area contributed by atoms with Crippen LogP contribution in [0, 0.1) is 5.82 Å². The van der Waals surface area contributed by atoms with E-state index in [1.165, 1.54) is 6.07 Å². The number of rotatable bonds is 4. The molecular formula is C22H20FN7O. The molecule has 0 spiro atoms. The lowest BCUT2D eigenvalue weighted by molar-refractivity contribution is 0.100. The zero-order chi connectivity index (χ0) is 21.4. The number of aromatic nitrogens is 4. The third kappa shape index (κ3) is 3.54. The summed E-state index contributed by atoms with van der Waals surface area (Å²) in [5.41, 5.74) is 7.79. The van der Waals surface area contributed by atoms with Crippen LogP contribution in [-0.2, 0) is 0 Å². The summed E-state index contributed by atoms with van der Waals surface area (Å²) in [7, 11) is 0. The van der Waals surface area contributed by atoms with Crippen molar-refractivity contribution < 1.29 is 9.18 Å². The van der Waals surface area contributed by atoms with Gasteiger partial charge in [-0.3, -0.25) is 4.79 Å². The normalized spacial score (nSPS) is 14.2. The SMILES string of the molecule is NC(=O)c1ccc(N2CCN(c3ccc4nnc(-c5ccccc5F)n4n3)CC2)cc1. The molecule has 0 saturated carbocycles. The van der Waals surface area contributed by atoms with E-state index in [0.717, 1.165) is 37.7 Å². The van der Waals surface area contributed by atoms with E-state index in [1.807, 2.05) is 24.3 Å². The predicted octanol–water partition coefficient (Wildman–Crippen LogP) is 2.36. The van der Waals surface area contributed by atoms with Crippen LogP contribution in [0.25, 0.3) is 17.0 Å². The van der Waals surface area contributed by atoms with Crippen molar-refractivity contribution in [3.63, 3.8) is 0 Å². The molecule has 9 heteroatoms. The first-order valence-electron chi connectivity index (χ1n) is 9.97. The van der Waals surface area contributed by atoms with Crippen molar-refractivity contribution in [2.75, 3.05) is 36.0 Å². The van der Waals surface area contributed by atoms with E-state index >= 15 is 0 Å². The van der Waals surface area contributed by atoms with Crippen molar-refractivity contribution in [3.8, 4) is 11.4 Å². The summed E-state index contributed by atoms with van der Waals surface area (Å²) in [4.78, 5) is 15.7. The summed E-state index contributed by atoms with van der Waals surface area (Å²) >= 11 is 0. The van der Waals surface area contributed by atoms with Crippen LogP contribution in [0.3, 0.4) is 0 Å². The van der Waals surface area contributed by atoms with Gasteiger partial charge in [0.1, 0.15) is 11.6 Å². The molecule has 1 amide bonds. The Hall–Kier alpha value is -4.01. The van der Waals surface area contributed by atoms with Crippen molar-refractivity contribution in [2.45, 2.75) is 0 Å². The van der Waals surface area contributed by atoms with Gasteiger partial charge in [-0.25, -0.2) is 4.39 Å². The van der Waals surface area contributed by atoms with Crippen LogP contribution in [0.2, 0.25) is 0 Å². The molecule has 5 rings (SSSR count). The maximum atomic E-state index is 14.3. The number of anilines is 2. The number of carbonyl (C=O) groups excluding carboxylic acids is 1. The summed E-state index contributed by atoms with van der Waals surface area (Å²) in [5, 5.41) is 12.9. The minimum atomic E-state index is -0.429. The maximum absolute atomic E-state index is 14.3. The van der Waals surface area contributed by atoms with Gasteiger partial charge in [-0.1, -0.05) is 12.1 Å². The number of hydrogen-bond donors (Lipinski definition) is 1. The monoisotopic (exact) mass is 417 g/mol. The summed E-state index contributed by atoms with van der Waals surface area (Å²) < 4.78 is 15.8. The van der Waals surface area contributed by atoms with Crippen LogP contribution in [0.5, 0.6) is 0 Å². The van der Waals surface area contributed by atoms with Gasteiger partial charge in [0.05, 0.1) is 5.56 Å². The molecule has 1 aliphatic rings. The van der Waals surface area contributed by atoms with E-state index in [9.17, 15) is 9.18 Å². The average molecular weight is 417 g/mol. The molecule has 1 aliphatic heterocycles. The number of piperazine rings is 1. The van der Waals surface area contributed by atoms with Crippen molar-refractivity contribution >= 4 is 23.1 Å². The van der Waals surface area contributed by atoms with Crippen molar-refractivity contribution in [1.82, 2.24) is 19.8 Å². The minimum Gasteiger partial charge on any atom is -0.368 e. The van der Waals surface area contributed by atoms with E-state index in [0.29, 0.717) is 22.6 Å². The molecule has 0 radical (unpaired) electrons. The van der Waals surface area contributed by atoms with Crippen molar-refractivity contribution in [3.05, 3.63) is 72.0 Å². The first-order valence-corrected chi connectivity index (χ1v) is 9.97. The Labute approximate surface area is 177 Å². The van der Waals surface area contributed by atoms with Crippen LogP contribution >= 0.6 is 0 Å². The number of carbonyl (C=O) groups is 1. The highest BCUT2D eigenvalue weighted by molar-refractivity contribution is 5.93. The lowest BCUT2D eigenvalue weighted by Crippen LogP contribution is -2.47. The third-order valence-corrected chi connectivity index (χ3v) is 5.48. The molecule has 2 N–H and O–H groups in total. The number of primary amides is 1. The minimum absolute atomic E-state index is 0.361. The quantitative estimate of drug-likeness (QED) is 0.548. The van der Waals surface area contributed by atoms with Gasteiger partial charge in [0.15, 0.2) is 11.5 Å². The highest BCUT2D eigenvalue weighted by atomic mass is 19.1. The molecule has 1 saturated heterocycles. The van der Waals surface area contributed by atoms with Gasteiger partial charge in [0.2, 0.25) is 5.91 Å². The predicted molar refractivity (Wildman–Crippen MR) is 116 cm³/mol. The molecule has 2 aromatic heterocycles. The molecule has 31 heavy (non-hydrogen) atoms. The highest BCUT2D eigenvalue weighted by Gasteiger charge is 2.20. The number of hydrogen-bond acceptors (Lipinski definition) is 6. The lowest BCUT2D eigenvalue weighted by atomic mass is 10.1. The molecule has 156 valence electrons. The molecule has 1 fully saturated rings. The molecule has 4 aromatic rings. The van der Waals surface area contributed by atoms with Crippen LogP contribution in [0.4, 0.5) is 15.9 Å². The Morgan fingerprint density at radius 2 is 1.58 bits per heavy atom. The smallest absolute Gasteiger partial charge is 0.248 e. The number of benzene rings is 2. The van der Waals surface area contributed by atoms with Gasteiger partial charge in [-0.05, 0) is 48.5 Å². The molecule has 3 heterocycles. The van der Waals surface area contributed by atoms with Gasteiger partial charge in [-0.15, -0.1) is 15.3 Å². The summed E-state index contributed by atoms with van der Waals surface area (Å²) in [6, 6.07) is 17.5. The molecule has 2 aromatic carbocycles. The number of halogens is 1. The fraction of sp³-hybridized carbons (Fsp3) is 0.182. The molecule has 0 bridgehead atoms. The van der Waals surface area contributed by atoms with Gasteiger partial charge in [0, 0.05) is 37.4 Å². The molecular weight excluding hydrogens is 397 g/mol. The fourth-order valence-electron chi connectivity index (χ4n) is 3.79. The summed E-state index contributed by atoms with van der Waals surface area (Å²) in [6.45, 7) is 3.15. The maximum Gasteiger partial charge on any atom is 0.248 e. The Kier molecular flexibility index (Phi) is 4.70. The zero-order valence-electron chi connectivity index (χ0n) is 16.6. The van der Waals surface area contributed by atoms with Crippen LogP contribution < -0.4 is 15.5 Å².